The molecule has 0 radical (unpaired) electrons. The van der Waals surface area contributed by atoms with Crippen molar-refractivity contribution in [3.8, 4) is 11.8 Å². The zero-order valence-corrected chi connectivity index (χ0v) is 20.2. The number of hydrogen-bond donors (Lipinski definition) is 2. The summed E-state index contributed by atoms with van der Waals surface area (Å²) in [5.74, 6) is -4.15. The van der Waals surface area contributed by atoms with Crippen LogP contribution in [-0.2, 0) is 14.3 Å². The van der Waals surface area contributed by atoms with Crippen molar-refractivity contribution in [3.63, 3.8) is 0 Å². The van der Waals surface area contributed by atoms with Gasteiger partial charge < -0.3 is 19.7 Å². The van der Waals surface area contributed by atoms with Crippen LogP contribution in [-0.4, -0.2) is 42.0 Å². The van der Waals surface area contributed by atoms with E-state index >= 15 is 0 Å². The van der Waals surface area contributed by atoms with Gasteiger partial charge in [-0.05, 0) is 74.1 Å². The molecule has 0 aliphatic carbocycles. The molecule has 0 aromatic heterocycles. The number of ether oxygens (including phenoxy) is 2. The summed E-state index contributed by atoms with van der Waals surface area (Å²) < 4.78 is 71.8. The third kappa shape index (κ3) is 13.2. The zero-order valence-electron chi connectivity index (χ0n) is 28.2. The van der Waals surface area contributed by atoms with Crippen molar-refractivity contribution < 1.29 is 40.2 Å². The third-order valence-corrected chi connectivity index (χ3v) is 4.99. The van der Waals surface area contributed by atoms with Gasteiger partial charge >= 0.3 is 11.9 Å². The number of benzene rings is 2. The molecule has 0 aliphatic rings. The molecule has 37 heavy (non-hydrogen) atoms. The summed E-state index contributed by atoms with van der Waals surface area (Å²) in [4.78, 5) is 23.5. The molecule has 0 saturated heterocycles. The fourth-order valence-corrected chi connectivity index (χ4v) is 3.03. The molecule has 0 aliphatic heterocycles. The number of carboxylic acids is 1. The standard InChI is InChI=1S/C28H35N3O6/c29-19-22-10-12-24(13-11-22)30-31-25-14-16-26(17-15-25)36-18-6-2-1-3-7-23(20-32)21-37-28(35)9-5-4-8-27(33)34/h10-17,23,32H,1-9,18,20-21H2,(H,33,34)/i4D2,5D2,8D2,9D2. The number of rotatable bonds is 18. The summed E-state index contributed by atoms with van der Waals surface area (Å²) in [6.07, 6.45) is -12.2. The molecule has 2 aromatic carbocycles. The average molecular weight is 518 g/mol. The first-order chi connectivity index (χ1) is 21.0. The molecular weight excluding hydrogens is 474 g/mol. The number of carbonyl (C=O) groups is 2. The highest BCUT2D eigenvalue weighted by Gasteiger charge is 2.11. The normalized spacial score (nSPS) is 16.4. The Balaban J connectivity index is 1.72. The lowest BCUT2D eigenvalue weighted by molar-refractivity contribution is -0.146. The van der Waals surface area contributed by atoms with Crippen LogP contribution < -0.4 is 4.74 Å². The van der Waals surface area contributed by atoms with Gasteiger partial charge in [-0.3, -0.25) is 9.59 Å². The van der Waals surface area contributed by atoms with Gasteiger partial charge in [-0.25, -0.2) is 0 Å². The third-order valence-electron chi connectivity index (χ3n) is 4.99. The Morgan fingerprint density at radius 3 is 2.19 bits per heavy atom. The minimum absolute atomic E-state index is 0.390. The molecule has 0 amide bonds. The number of unbranched alkanes of at least 4 members (excludes halogenated alkanes) is 3. The fraction of sp³-hybridized carbons (Fsp3) is 0.464. The molecule has 2 rings (SSSR count). The van der Waals surface area contributed by atoms with Gasteiger partial charge in [0.05, 0.1) is 36.2 Å². The maximum Gasteiger partial charge on any atom is 0.305 e. The predicted octanol–water partition coefficient (Wildman–Crippen LogP) is 6.10. The van der Waals surface area contributed by atoms with Crippen LogP contribution in [0.1, 0.15) is 74.1 Å². The Labute approximate surface area is 229 Å². The van der Waals surface area contributed by atoms with Crippen LogP contribution in [0.2, 0.25) is 0 Å². The number of aliphatic hydroxyl groups is 1. The van der Waals surface area contributed by atoms with Crippen molar-refractivity contribution in [3.05, 3.63) is 54.1 Å². The van der Waals surface area contributed by atoms with Gasteiger partial charge in [0.25, 0.3) is 0 Å². The van der Waals surface area contributed by atoms with Crippen LogP contribution in [0, 0.1) is 17.2 Å². The van der Waals surface area contributed by atoms with Gasteiger partial charge in [-0.2, -0.15) is 15.5 Å². The van der Waals surface area contributed by atoms with E-state index in [-0.39, 0.29) is 0 Å². The number of aliphatic carboxylic acids is 1. The van der Waals surface area contributed by atoms with Crippen molar-refractivity contribution in [1.82, 2.24) is 0 Å². The lowest BCUT2D eigenvalue weighted by Gasteiger charge is -2.14. The number of carbonyl (C=O) groups excluding carboxylic acids is 1. The van der Waals surface area contributed by atoms with E-state index in [0.29, 0.717) is 42.1 Å². The minimum Gasteiger partial charge on any atom is -0.494 e. The second kappa shape index (κ2) is 17.6. The van der Waals surface area contributed by atoms with Crippen molar-refractivity contribution >= 4 is 23.3 Å². The van der Waals surface area contributed by atoms with E-state index < -0.39 is 56.6 Å². The molecule has 1 unspecified atom stereocenters. The largest absolute Gasteiger partial charge is 0.494 e. The summed E-state index contributed by atoms with van der Waals surface area (Å²) in [7, 11) is 0. The Bertz CT molecular complexity index is 1350. The van der Waals surface area contributed by atoms with E-state index in [0.717, 1.165) is 19.3 Å². The van der Waals surface area contributed by atoms with Crippen molar-refractivity contribution in [2.75, 3.05) is 19.8 Å². The second-order valence-corrected chi connectivity index (χ2v) is 7.86. The minimum atomic E-state index is -3.95. The molecule has 2 N–H and O–H groups in total. The average Bonchev–Trinajstić information content (AvgIpc) is 3.01. The number of nitrogens with zero attached hydrogens (tertiary/aromatic N) is 3. The molecule has 0 fully saturated rings. The van der Waals surface area contributed by atoms with E-state index in [9.17, 15) is 14.7 Å². The highest BCUT2D eigenvalue weighted by molar-refractivity contribution is 5.69. The summed E-state index contributed by atoms with van der Waals surface area (Å²) in [6.45, 7) is -0.457. The zero-order chi connectivity index (χ0) is 33.9. The molecule has 9 nitrogen and oxygen atoms in total. The van der Waals surface area contributed by atoms with Crippen LogP contribution in [0.5, 0.6) is 5.75 Å². The topological polar surface area (TPSA) is 142 Å². The van der Waals surface area contributed by atoms with E-state index in [1.54, 1.807) is 48.5 Å². The lowest BCUT2D eigenvalue weighted by Crippen LogP contribution is -2.17. The molecule has 198 valence electrons. The van der Waals surface area contributed by atoms with E-state index in [2.05, 4.69) is 10.2 Å². The van der Waals surface area contributed by atoms with Crippen molar-refractivity contribution in [1.29, 1.82) is 5.26 Å². The van der Waals surface area contributed by atoms with Gasteiger partial charge in [-0.1, -0.05) is 19.3 Å². The molecule has 0 bridgehead atoms. The molecule has 0 heterocycles. The molecule has 0 spiro atoms. The Kier molecular flexibility index (Phi) is 9.22. The number of hydrogen-bond acceptors (Lipinski definition) is 8. The predicted molar refractivity (Wildman–Crippen MR) is 138 cm³/mol. The summed E-state index contributed by atoms with van der Waals surface area (Å²) >= 11 is 0. The van der Waals surface area contributed by atoms with Crippen LogP contribution in [0.4, 0.5) is 11.4 Å². The van der Waals surface area contributed by atoms with Gasteiger partial charge in [-0.15, -0.1) is 0 Å². The van der Waals surface area contributed by atoms with Crippen LogP contribution in [0.15, 0.2) is 58.8 Å². The molecule has 1 atom stereocenters. The molecule has 9 heteroatoms. The Morgan fingerprint density at radius 2 is 1.57 bits per heavy atom. The highest BCUT2D eigenvalue weighted by Crippen LogP contribution is 2.22. The van der Waals surface area contributed by atoms with Gasteiger partial charge in [0.15, 0.2) is 0 Å². The van der Waals surface area contributed by atoms with Crippen LogP contribution >= 0.6 is 0 Å². The van der Waals surface area contributed by atoms with E-state index in [1.165, 1.54) is 0 Å². The summed E-state index contributed by atoms with van der Waals surface area (Å²) in [5.41, 5.74) is 1.79. The number of aliphatic hydroxyl groups excluding tert-OH is 1. The monoisotopic (exact) mass is 517 g/mol. The maximum atomic E-state index is 12.4. The summed E-state index contributed by atoms with van der Waals surface area (Å²) in [5, 5.41) is 35.7. The van der Waals surface area contributed by atoms with Crippen LogP contribution in [0.3, 0.4) is 0 Å². The van der Waals surface area contributed by atoms with Gasteiger partial charge in [0.1, 0.15) is 5.75 Å². The first kappa shape index (κ1) is 19.4. The number of esters is 1. The van der Waals surface area contributed by atoms with Crippen molar-refractivity contribution in [2.24, 2.45) is 16.1 Å². The Hall–Kier alpha value is -3.77. The van der Waals surface area contributed by atoms with Gasteiger partial charge in [0, 0.05) is 36.2 Å². The number of azo groups is 1. The second-order valence-electron chi connectivity index (χ2n) is 7.86. The smallest absolute Gasteiger partial charge is 0.305 e. The van der Waals surface area contributed by atoms with Crippen molar-refractivity contribution in [2.45, 2.75) is 57.6 Å². The van der Waals surface area contributed by atoms with E-state index in [4.69, 9.17) is 30.8 Å². The summed E-state index contributed by atoms with van der Waals surface area (Å²) in [6, 6.07) is 15.8. The Morgan fingerprint density at radius 1 is 0.946 bits per heavy atom. The highest BCUT2D eigenvalue weighted by atomic mass is 16.5. The van der Waals surface area contributed by atoms with E-state index in [1.807, 2.05) is 6.07 Å². The number of carboxylic acid groups (broad SMARTS) is 1. The first-order valence-corrected chi connectivity index (χ1v) is 11.7. The fourth-order valence-electron chi connectivity index (χ4n) is 3.03. The number of nitriles is 1. The molecular formula is C28H35N3O6. The quantitative estimate of drug-likeness (QED) is 0.138. The SMILES string of the molecule is [2H]C([2H])(C(=O)O)C([2H])([2H])C([2H])([2H])C([2H])([2H])C(=O)OCC(CO)CCCCCCOc1ccc(N=Nc2ccc(C#N)cc2)cc1. The molecule has 0 saturated carbocycles. The first-order valence-electron chi connectivity index (χ1n) is 15.7. The molecule has 2 aromatic rings. The lowest BCUT2D eigenvalue weighted by atomic mass is 10.0. The van der Waals surface area contributed by atoms with Crippen LogP contribution in [0.25, 0.3) is 0 Å². The maximum absolute atomic E-state index is 12.4. The van der Waals surface area contributed by atoms with Gasteiger partial charge in [0.2, 0.25) is 0 Å².